The third-order valence-electron chi connectivity index (χ3n) is 4.92. The molecule has 1 aromatic heterocycles. The van der Waals surface area contributed by atoms with Gasteiger partial charge in [0.2, 0.25) is 5.95 Å². The van der Waals surface area contributed by atoms with Crippen molar-refractivity contribution in [2.75, 3.05) is 23.3 Å². The molecule has 0 amide bonds. The maximum absolute atomic E-state index is 6.26. The highest BCUT2D eigenvalue weighted by Gasteiger charge is 2.16. The van der Waals surface area contributed by atoms with Gasteiger partial charge in [-0.05, 0) is 49.6 Å². The molecule has 0 bridgehead atoms. The fourth-order valence-corrected chi connectivity index (χ4v) is 3.62. The first-order chi connectivity index (χ1) is 12.7. The second kappa shape index (κ2) is 7.50. The minimum atomic E-state index is 0.614. The smallest absolute Gasteiger partial charge is 0.229 e. The number of rotatable bonds is 3. The molecule has 5 heteroatoms. The van der Waals surface area contributed by atoms with Crippen LogP contribution < -0.4 is 10.2 Å². The Morgan fingerprint density at radius 2 is 1.73 bits per heavy atom. The monoisotopic (exact) mass is 366 g/mol. The van der Waals surface area contributed by atoms with Crippen molar-refractivity contribution in [1.82, 2.24) is 9.97 Å². The molecule has 4 nitrogen and oxygen atoms in total. The van der Waals surface area contributed by atoms with Gasteiger partial charge in [0.05, 0.1) is 5.52 Å². The van der Waals surface area contributed by atoms with Crippen LogP contribution in [-0.4, -0.2) is 23.1 Å². The summed E-state index contributed by atoms with van der Waals surface area (Å²) in [6.07, 6.45) is 5.03. The van der Waals surface area contributed by atoms with Gasteiger partial charge in [0, 0.05) is 29.2 Å². The molecule has 134 valence electrons. The number of nitrogens with zero attached hydrogens (tertiary/aromatic N) is 3. The molecular weight excluding hydrogens is 344 g/mol. The Morgan fingerprint density at radius 1 is 0.962 bits per heavy atom. The molecule has 0 atom stereocenters. The highest BCUT2D eigenvalue weighted by Crippen LogP contribution is 2.29. The van der Waals surface area contributed by atoms with E-state index in [0.717, 1.165) is 46.1 Å². The lowest BCUT2D eigenvalue weighted by atomic mass is 10.2. The summed E-state index contributed by atoms with van der Waals surface area (Å²) in [6, 6.07) is 14.2. The van der Waals surface area contributed by atoms with Gasteiger partial charge in [-0.15, -0.1) is 0 Å². The first-order valence-corrected chi connectivity index (χ1v) is 9.63. The van der Waals surface area contributed by atoms with Gasteiger partial charge >= 0.3 is 0 Å². The van der Waals surface area contributed by atoms with Gasteiger partial charge in [-0.3, -0.25) is 0 Å². The van der Waals surface area contributed by atoms with Gasteiger partial charge in [-0.1, -0.05) is 42.6 Å². The van der Waals surface area contributed by atoms with Crippen molar-refractivity contribution in [3.05, 3.63) is 53.1 Å². The van der Waals surface area contributed by atoms with Crippen LogP contribution in [0, 0.1) is 6.92 Å². The van der Waals surface area contributed by atoms with Crippen molar-refractivity contribution < 1.29 is 0 Å². The molecule has 2 aromatic carbocycles. The number of aromatic nitrogens is 2. The number of nitrogens with one attached hydrogen (secondary N) is 1. The highest BCUT2D eigenvalue weighted by molar-refractivity contribution is 6.31. The van der Waals surface area contributed by atoms with Crippen LogP contribution in [0.5, 0.6) is 0 Å². The molecule has 1 N–H and O–H groups in total. The Hall–Kier alpha value is -2.33. The van der Waals surface area contributed by atoms with E-state index < -0.39 is 0 Å². The summed E-state index contributed by atoms with van der Waals surface area (Å²) in [4.78, 5) is 12.0. The summed E-state index contributed by atoms with van der Waals surface area (Å²) in [6.45, 7) is 4.10. The molecule has 1 saturated heterocycles. The summed E-state index contributed by atoms with van der Waals surface area (Å²) in [5.74, 6) is 1.64. The molecule has 0 spiro atoms. The van der Waals surface area contributed by atoms with Crippen molar-refractivity contribution in [2.45, 2.75) is 32.6 Å². The van der Waals surface area contributed by atoms with E-state index in [1.165, 1.54) is 25.7 Å². The number of anilines is 3. The van der Waals surface area contributed by atoms with E-state index in [1.807, 2.05) is 37.3 Å². The van der Waals surface area contributed by atoms with Crippen LogP contribution in [0.15, 0.2) is 42.5 Å². The Kier molecular flexibility index (Phi) is 4.93. The Balaban J connectivity index is 1.74. The zero-order valence-corrected chi connectivity index (χ0v) is 15.8. The van der Waals surface area contributed by atoms with E-state index in [-0.39, 0.29) is 0 Å². The molecule has 26 heavy (non-hydrogen) atoms. The van der Waals surface area contributed by atoms with Gasteiger partial charge in [-0.2, -0.15) is 4.98 Å². The first kappa shape index (κ1) is 17.1. The number of fused-ring (bicyclic) bond motifs is 1. The van der Waals surface area contributed by atoms with Crippen LogP contribution in [0.4, 0.5) is 17.5 Å². The normalized spacial score (nSPS) is 15.1. The number of benzene rings is 2. The lowest BCUT2D eigenvalue weighted by Crippen LogP contribution is -2.25. The summed E-state index contributed by atoms with van der Waals surface area (Å²) in [7, 11) is 0. The van der Waals surface area contributed by atoms with Crippen molar-refractivity contribution >= 4 is 40.0 Å². The fourth-order valence-electron chi connectivity index (χ4n) is 3.44. The minimum absolute atomic E-state index is 0.614. The molecule has 0 aliphatic carbocycles. The fraction of sp³-hybridized carbons (Fsp3) is 0.333. The Labute approximate surface area is 159 Å². The van der Waals surface area contributed by atoms with Crippen LogP contribution in [0.25, 0.3) is 10.9 Å². The summed E-state index contributed by atoms with van der Waals surface area (Å²) in [5, 5.41) is 5.18. The van der Waals surface area contributed by atoms with Crippen LogP contribution >= 0.6 is 11.6 Å². The van der Waals surface area contributed by atoms with E-state index in [2.05, 4.69) is 22.3 Å². The van der Waals surface area contributed by atoms with E-state index in [9.17, 15) is 0 Å². The third-order valence-corrected chi connectivity index (χ3v) is 5.32. The maximum Gasteiger partial charge on any atom is 0.229 e. The van der Waals surface area contributed by atoms with E-state index in [1.54, 1.807) is 0 Å². The molecule has 2 heterocycles. The highest BCUT2D eigenvalue weighted by atomic mass is 35.5. The molecular formula is C21H23ClN4. The van der Waals surface area contributed by atoms with Crippen LogP contribution in [0.3, 0.4) is 0 Å². The molecule has 0 radical (unpaired) electrons. The predicted octanol–water partition coefficient (Wildman–Crippen LogP) is 5.72. The largest absolute Gasteiger partial charge is 0.356 e. The predicted molar refractivity (Wildman–Crippen MR) is 110 cm³/mol. The van der Waals surface area contributed by atoms with Gasteiger partial charge in [0.25, 0.3) is 0 Å². The van der Waals surface area contributed by atoms with Gasteiger partial charge in [0.1, 0.15) is 5.82 Å². The standard InChI is InChI=1S/C21H23ClN4/c1-15-10-11-16(14-18(15)22)23-21-24-19-9-5-4-8-17(19)20(25-21)26-12-6-2-3-7-13-26/h4-5,8-11,14H,2-3,6-7,12-13H2,1H3,(H,23,24,25). The number of para-hydroxylation sites is 1. The molecule has 1 aliphatic rings. The average molecular weight is 367 g/mol. The van der Waals surface area contributed by atoms with Crippen LogP contribution in [0.1, 0.15) is 31.2 Å². The van der Waals surface area contributed by atoms with Gasteiger partial charge in [-0.25, -0.2) is 4.98 Å². The van der Waals surface area contributed by atoms with Crippen LogP contribution in [0.2, 0.25) is 5.02 Å². The lowest BCUT2D eigenvalue weighted by molar-refractivity contribution is 0.726. The van der Waals surface area contributed by atoms with Crippen molar-refractivity contribution in [3.63, 3.8) is 0 Å². The molecule has 3 aromatic rings. The summed E-state index contributed by atoms with van der Waals surface area (Å²) >= 11 is 6.26. The first-order valence-electron chi connectivity index (χ1n) is 9.25. The van der Waals surface area contributed by atoms with Gasteiger partial charge in [0.15, 0.2) is 0 Å². The number of hydrogen-bond donors (Lipinski definition) is 1. The third kappa shape index (κ3) is 3.61. The molecule has 0 unspecified atom stereocenters. The second-order valence-electron chi connectivity index (χ2n) is 6.88. The molecule has 1 fully saturated rings. The number of halogens is 1. The summed E-state index contributed by atoms with van der Waals surface area (Å²) in [5.41, 5.74) is 2.92. The molecule has 4 rings (SSSR count). The maximum atomic E-state index is 6.26. The van der Waals surface area contributed by atoms with Crippen LogP contribution in [-0.2, 0) is 0 Å². The zero-order valence-electron chi connectivity index (χ0n) is 15.0. The summed E-state index contributed by atoms with van der Waals surface area (Å²) < 4.78 is 0. The van der Waals surface area contributed by atoms with Crippen molar-refractivity contribution in [1.29, 1.82) is 0 Å². The van der Waals surface area contributed by atoms with E-state index in [4.69, 9.17) is 21.6 Å². The van der Waals surface area contributed by atoms with Crippen molar-refractivity contribution in [3.8, 4) is 0 Å². The van der Waals surface area contributed by atoms with Crippen molar-refractivity contribution in [2.24, 2.45) is 0 Å². The molecule has 1 aliphatic heterocycles. The number of aryl methyl sites for hydroxylation is 1. The quantitative estimate of drug-likeness (QED) is 0.644. The Bertz CT molecular complexity index is 917. The number of hydrogen-bond acceptors (Lipinski definition) is 4. The van der Waals surface area contributed by atoms with Gasteiger partial charge < -0.3 is 10.2 Å². The lowest BCUT2D eigenvalue weighted by Gasteiger charge is -2.23. The average Bonchev–Trinajstić information content (AvgIpc) is 2.93. The zero-order chi connectivity index (χ0) is 17.9. The SMILES string of the molecule is Cc1ccc(Nc2nc(N3CCCCCC3)c3ccccc3n2)cc1Cl. The van der Waals surface area contributed by atoms with E-state index in [0.29, 0.717) is 5.95 Å². The minimum Gasteiger partial charge on any atom is -0.356 e. The second-order valence-corrected chi connectivity index (χ2v) is 7.29. The Morgan fingerprint density at radius 3 is 2.50 bits per heavy atom. The van der Waals surface area contributed by atoms with E-state index >= 15 is 0 Å². The topological polar surface area (TPSA) is 41.1 Å². The molecule has 0 saturated carbocycles.